The third kappa shape index (κ3) is 63.8. The van der Waals surface area contributed by atoms with Gasteiger partial charge in [0.05, 0.1) is 0 Å². The van der Waals surface area contributed by atoms with Gasteiger partial charge in [-0.1, -0.05) is 313 Å². The number of unbranched alkanes of at least 4 members (excludes halogenated alkanes) is 41. The molecule has 0 heterocycles. The molecule has 448 valence electrons. The van der Waals surface area contributed by atoms with Crippen LogP contribution in [-0.4, -0.2) is 37.2 Å². The normalized spacial score (nSPS) is 12.4. The second-order valence-corrected chi connectivity index (χ2v) is 22.7. The highest BCUT2D eigenvalue weighted by atomic mass is 16.6. The topological polar surface area (TPSA) is 78.9 Å². The van der Waals surface area contributed by atoms with E-state index in [4.69, 9.17) is 14.2 Å². The highest BCUT2D eigenvalue weighted by Crippen LogP contribution is 2.18. The van der Waals surface area contributed by atoms with Crippen molar-refractivity contribution in [1.29, 1.82) is 0 Å². The summed E-state index contributed by atoms with van der Waals surface area (Å²) < 4.78 is 16.8. The van der Waals surface area contributed by atoms with Gasteiger partial charge in [0, 0.05) is 19.3 Å². The van der Waals surface area contributed by atoms with Gasteiger partial charge in [-0.15, -0.1) is 0 Å². The maximum Gasteiger partial charge on any atom is 0.306 e. The fourth-order valence-corrected chi connectivity index (χ4v) is 9.96. The molecule has 0 fully saturated rings. The van der Waals surface area contributed by atoms with E-state index in [2.05, 4.69) is 81.5 Å². The van der Waals surface area contributed by atoms with Gasteiger partial charge in [-0.25, -0.2) is 0 Å². The molecule has 0 radical (unpaired) electrons. The second-order valence-electron chi connectivity index (χ2n) is 22.7. The first-order valence-electron chi connectivity index (χ1n) is 33.8. The van der Waals surface area contributed by atoms with Crippen molar-refractivity contribution in [1.82, 2.24) is 0 Å². The van der Waals surface area contributed by atoms with Gasteiger partial charge in [0.25, 0.3) is 0 Å². The van der Waals surface area contributed by atoms with E-state index < -0.39 is 6.10 Å². The van der Waals surface area contributed by atoms with Crippen LogP contribution in [0.4, 0.5) is 0 Å². The van der Waals surface area contributed by atoms with Crippen LogP contribution >= 0.6 is 0 Å². The third-order valence-electron chi connectivity index (χ3n) is 15.0. The molecule has 0 aliphatic carbocycles. The van der Waals surface area contributed by atoms with E-state index in [0.29, 0.717) is 19.3 Å². The van der Waals surface area contributed by atoms with Crippen molar-refractivity contribution in [2.24, 2.45) is 0 Å². The number of carbonyl (C=O) groups is 3. The molecular formula is C71H128O6. The first-order chi connectivity index (χ1) is 38.0. The number of carbonyl (C=O) groups excluding carboxylic acids is 3. The molecule has 0 aliphatic rings. The molecule has 0 amide bonds. The first kappa shape index (κ1) is 74.1. The number of ether oxygens (including phenoxy) is 3. The highest BCUT2D eigenvalue weighted by molar-refractivity contribution is 5.71. The highest BCUT2D eigenvalue weighted by Gasteiger charge is 2.19. The van der Waals surface area contributed by atoms with Crippen molar-refractivity contribution in [2.45, 2.75) is 361 Å². The molecule has 77 heavy (non-hydrogen) atoms. The van der Waals surface area contributed by atoms with Gasteiger partial charge in [-0.3, -0.25) is 14.4 Å². The van der Waals surface area contributed by atoms with Crippen LogP contribution in [0.2, 0.25) is 0 Å². The molecule has 0 spiro atoms. The number of allylic oxidation sites excluding steroid dienone is 10. The van der Waals surface area contributed by atoms with E-state index in [-0.39, 0.29) is 31.1 Å². The average molecular weight is 1080 g/mol. The standard InChI is InChI=1S/C71H128O6/c1-4-7-10-13-16-18-20-22-24-26-27-28-29-30-31-32-33-34-35-36-37-38-39-40-41-42-43-45-46-48-50-52-55-58-61-64-70(73)76-67-68(66-75-69(72)63-60-57-54-15-12-9-6-3)77-71(74)65-62-59-56-53-51-49-47-44-25-23-21-19-17-14-11-8-5-2/h8,11,17,19-20,22-23,25-27,68H,4-7,9-10,12-16,18,21,24,28-67H2,1-3H3/b11-8-,19-17-,22-20-,25-23-,27-26-. The lowest BCUT2D eigenvalue weighted by atomic mass is 10.0. The Morgan fingerprint density at radius 3 is 0.792 bits per heavy atom. The zero-order valence-corrected chi connectivity index (χ0v) is 51.5. The summed E-state index contributed by atoms with van der Waals surface area (Å²) in [6, 6.07) is 0. The van der Waals surface area contributed by atoms with Gasteiger partial charge in [0.2, 0.25) is 0 Å². The Bertz CT molecular complexity index is 1380. The molecule has 0 saturated carbocycles. The number of esters is 3. The SMILES string of the molecule is CC/C=C\C/C=C\C/C=C\CCCCCCCCCC(=O)OC(COC(=O)CCCCCCCCC)COC(=O)CCCCCCCCCCCCCCCCCCCCCCCCC/C=C\C/C=C\CCCCCCC. The van der Waals surface area contributed by atoms with Gasteiger partial charge >= 0.3 is 17.9 Å². The van der Waals surface area contributed by atoms with Crippen LogP contribution < -0.4 is 0 Å². The molecule has 0 saturated heterocycles. The molecule has 1 unspecified atom stereocenters. The Morgan fingerprint density at radius 2 is 0.506 bits per heavy atom. The quantitative estimate of drug-likeness (QED) is 0.0261. The van der Waals surface area contributed by atoms with Crippen LogP contribution in [0.15, 0.2) is 60.8 Å². The minimum absolute atomic E-state index is 0.0740. The summed E-state index contributed by atoms with van der Waals surface area (Å²) in [5, 5.41) is 0. The van der Waals surface area contributed by atoms with Gasteiger partial charge in [-0.05, 0) is 83.5 Å². The predicted octanol–water partition coefficient (Wildman–Crippen LogP) is 23.1. The fourth-order valence-electron chi connectivity index (χ4n) is 9.96. The molecule has 0 N–H and O–H groups in total. The molecule has 0 aliphatic heterocycles. The third-order valence-corrected chi connectivity index (χ3v) is 15.0. The van der Waals surface area contributed by atoms with Crippen molar-refractivity contribution in [3.63, 3.8) is 0 Å². The van der Waals surface area contributed by atoms with E-state index in [1.807, 2.05) is 0 Å². The number of rotatable bonds is 62. The maximum absolute atomic E-state index is 12.8. The monoisotopic (exact) mass is 1080 g/mol. The van der Waals surface area contributed by atoms with E-state index in [9.17, 15) is 14.4 Å². The molecule has 0 aromatic heterocycles. The Labute approximate surface area is 479 Å². The van der Waals surface area contributed by atoms with Gasteiger partial charge in [-0.2, -0.15) is 0 Å². The van der Waals surface area contributed by atoms with Crippen molar-refractivity contribution in [3.8, 4) is 0 Å². The lowest BCUT2D eigenvalue weighted by Crippen LogP contribution is -2.30. The average Bonchev–Trinajstić information content (AvgIpc) is 3.43. The molecule has 6 heteroatoms. The van der Waals surface area contributed by atoms with Crippen LogP contribution in [0.1, 0.15) is 355 Å². The molecule has 6 nitrogen and oxygen atoms in total. The fraction of sp³-hybridized carbons (Fsp3) is 0.817. The largest absolute Gasteiger partial charge is 0.462 e. The lowest BCUT2D eigenvalue weighted by Gasteiger charge is -2.18. The smallest absolute Gasteiger partial charge is 0.306 e. The van der Waals surface area contributed by atoms with E-state index in [1.54, 1.807) is 0 Å². The van der Waals surface area contributed by atoms with E-state index >= 15 is 0 Å². The summed E-state index contributed by atoms with van der Waals surface area (Å²) in [6.07, 6.45) is 84.3. The van der Waals surface area contributed by atoms with Gasteiger partial charge in [0.1, 0.15) is 13.2 Å². The predicted molar refractivity (Wildman–Crippen MR) is 335 cm³/mol. The molecular weight excluding hydrogens is 949 g/mol. The summed E-state index contributed by atoms with van der Waals surface area (Å²) in [4.78, 5) is 38.1. The van der Waals surface area contributed by atoms with Crippen LogP contribution in [-0.2, 0) is 28.6 Å². The lowest BCUT2D eigenvalue weighted by molar-refractivity contribution is -0.167. The summed E-state index contributed by atoms with van der Waals surface area (Å²) in [5.41, 5.74) is 0. The Morgan fingerprint density at radius 1 is 0.273 bits per heavy atom. The minimum atomic E-state index is -0.775. The maximum atomic E-state index is 12.8. The van der Waals surface area contributed by atoms with Crippen molar-refractivity contribution >= 4 is 17.9 Å². The number of hydrogen-bond acceptors (Lipinski definition) is 6. The van der Waals surface area contributed by atoms with E-state index in [0.717, 1.165) is 89.9 Å². The van der Waals surface area contributed by atoms with Gasteiger partial charge in [0.15, 0.2) is 6.10 Å². The first-order valence-corrected chi connectivity index (χ1v) is 33.8. The summed E-state index contributed by atoms with van der Waals surface area (Å²) in [7, 11) is 0. The van der Waals surface area contributed by atoms with Crippen LogP contribution in [0.25, 0.3) is 0 Å². The molecule has 0 rings (SSSR count). The summed E-state index contributed by atoms with van der Waals surface area (Å²) >= 11 is 0. The van der Waals surface area contributed by atoms with Crippen molar-refractivity contribution in [3.05, 3.63) is 60.8 Å². The van der Waals surface area contributed by atoms with Crippen molar-refractivity contribution in [2.75, 3.05) is 13.2 Å². The zero-order valence-electron chi connectivity index (χ0n) is 51.5. The Balaban J connectivity index is 3.94. The molecule has 1 atom stereocenters. The zero-order chi connectivity index (χ0) is 55.7. The van der Waals surface area contributed by atoms with Crippen LogP contribution in [0.5, 0.6) is 0 Å². The van der Waals surface area contributed by atoms with Crippen LogP contribution in [0, 0.1) is 0 Å². The van der Waals surface area contributed by atoms with Crippen molar-refractivity contribution < 1.29 is 28.6 Å². The molecule has 0 aromatic carbocycles. The second kappa shape index (κ2) is 65.6. The Hall–Kier alpha value is -2.89. The minimum Gasteiger partial charge on any atom is -0.462 e. The summed E-state index contributed by atoms with van der Waals surface area (Å²) in [6.45, 7) is 6.51. The van der Waals surface area contributed by atoms with E-state index in [1.165, 1.54) is 225 Å². The molecule has 0 bridgehead atoms. The van der Waals surface area contributed by atoms with Crippen LogP contribution in [0.3, 0.4) is 0 Å². The summed E-state index contributed by atoms with van der Waals surface area (Å²) in [5.74, 6) is -0.874. The molecule has 0 aromatic rings. The van der Waals surface area contributed by atoms with Gasteiger partial charge < -0.3 is 14.2 Å². The Kier molecular flexibility index (Phi) is 63.2. The number of hydrogen-bond donors (Lipinski definition) is 0.